The van der Waals surface area contributed by atoms with Gasteiger partial charge in [-0.25, -0.2) is 0 Å². The molecule has 0 radical (unpaired) electrons. The molecule has 4 rings (SSSR count). The summed E-state index contributed by atoms with van der Waals surface area (Å²) in [5.74, 6) is 1.77. The van der Waals surface area contributed by atoms with E-state index in [1.807, 2.05) is 5.57 Å². The second kappa shape index (κ2) is 4.83. The monoisotopic (exact) mass is 304 g/mol. The number of fused-ring (bicyclic) bond motifs is 6. The molecule has 0 aromatic carbocycles. The Morgan fingerprint density at radius 2 is 1.95 bits per heavy atom. The summed E-state index contributed by atoms with van der Waals surface area (Å²) < 4.78 is 6.37. The molecule has 1 N–H and O–H groups in total. The van der Waals surface area contributed by atoms with Gasteiger partial charge in [-0.3, -0.25) is 0 Å². The zero-order valence-electron chi connectivity index (χ0n) is 14.7. The molecule has 1 saturated carbocycles. The highest BCUT2D eigenvalue weighted by Gasteiger charge is 2.60. The van der Waals surface area contributed by atoms with Crippen molar-refractivity contribution in [3.63, 3.8) is 0 Å². The SMILES string of the molecule is CC(C)C1=C2[C@H]3C[C@H]4O[C@H](CC4CO)[C@]3(C)CC[C@@]2(C)CC1. The van der Waals surface area contributed by atoms with E-state index < -0.39 is 0 Å². The van der Waals surface area contributed by atoms with Gasteiger partial charge in [-0.2, -0.15) is 0 Å². The summed E-state index contributed by atoms with van der Waals surface area (Å²) >= 11 is 0. The Kier molecular flexibility index (Phi) is 3.34. The summed E-state index contributed by atoms with van der Waals surface area (Å²) in [4.78, 5) is 0. The van der Waals surface area contributed by atoms with E-state index in [2.05, 4.69) is 27.7 Å². The maximum atomic E-state index is 9.72. The second-order valence-corrected chi connectivity index (χ2v) is 9.29. The molecule has 2 saturated heterocycles. The standard InChI is InChI=1S/C20H32O2/c1-12(2)14-5-6-19(3)7-8-20(4)15(18(14)19)10-16-13(11-21)9-17(20)22-16/h12-13,15-17,21H,5-11H2,1-4H3/t13?,15-,16-,17-,19-,20-/m1/s1. The summed E-state index contributed by atoms with van der Waals surface area (Å²) in [6, 6.07) is 0. The molecule has 2 nitrogen and oxygen atoms in total. The van der Waals surface area contributed by atoms with Crippen LogP contribution < -0.4 is 0 Å². The Morgan fingerprint density at radius 1 is 1.18 bits per heavy atom. The van der Waals surface area contributed by atoms with Crippen molar-refractivity contribution in [1.82, 2.24) is 0 Å². The number of rotatable bonds is 2. The molecule has 2 bridgehead atoms. The van der Waals surface area contributed by atoms with Crippen LogP contribution in [0.4, 0.5) is 0 Å². The number of ether oxygens (including phenoxy) is 1. The van der Waals surface area contributed by atoms with Crippen molar-refractivity contribution in [2.45, 2.75) is 78.4 Å². The topological polar surface area (TPSA) is 29.5 Å². The predicted molar refractivity (Wildman–Crippen MR) is 88.5 cm³/mol. The minimum atomic E-state index is 0.303. The van der Waals surface area contributed by atoms with Gasteiger partial charge < -0.3 is 9.84 Å². The molecule has 2 heteroatoms. The minimum absolute atomic E-state index is 0.303. The molecule has 3 fully saturated rings. The lowest BCUT2D eigenvalue weighted by Gasteiger charge is -2.55. The number of hydrogen-bond acceptors (Lipinski definition) is 2. The first-order valence-electron chi connectivity index (χ1n) is 9.39. The van der Waals surface area contributed by atoms with Gasteiger partial charge in [-0.1, -0.05) is 38.8 Å². The smallest absolute Gasteiger partial charge is 0.0642 e. The van der Waals surface area contributed by atoms with E-state index >= 15 is 0 Å². The second-order valence-electron chi connectivity index (χ2n) is 9.29. The Labute approximate surface area is 135 Å². The van der Waals surface area contributed by atoms with Crippen LogP contribution in [0.3, 0.4) is 0 Å². The zero-order chi connectivity index (χ0) is 15.7. The normalized spacial score (nSPS) is 50.5. The van der Waals surface area contributed by atoms with E-state index in [0.29, 0.717) is 47.4 Å². The first-order chi connectivity index (χ1) is 10.4. The van der Waals surface area contributed by atoms with Gasteiger partial charge in [0.05, 0.1) is 12.2 Å². The lowest BCUT2D eigenvalue weighted by molar-refractivity contribution is -0.129. The highest BCUT2D eigenvalue weighted by Crippen LogP contribution is 2.66. The molecule has 0 aromatic rings. The van der Waals surface area contributed by atoms with Gasteiger partial charge in [0.1, 0.15) is 0 Å². The Morgan fingerprint density at radius 3 is 2.64 bits per heavy atom. The molecule has 0 spiro atoms. The molecule has 2 aliphatic heterocycles. The number of allylic oxidation sites excluding steroid dienone is 2. The lowest BCUT2D eigenvalue weighted by atomic mass is 9.53. The van der Waals surface area contributed by atoms with Crippen LogP contribution in [0.1, 0.15) is 66.2 Å². The van der Waals surface area contributed by atoms with E-state index in [4.69, 9.17) is 4.74 Å². The maximum Gasteiger partial charge on any atom is 0.0642 e. The first kappa shape index (κ1) is 15.2. The molecule has 4 aliphatic rings. The van der Waals surface area contributed by atoms with Gasteiger partial charge in [-0.05, 0) is 55.8 Å². The third-order valence-electron chi connectivity index (χ3n) is 7.82. The number of hydrogen-bond donors (Lipinski definition) is 1. The molecular formula is C20H32O2. The average molecular weight is 304 g/mol. The zero-order valence-corrected chi connectivity index (χ0v) is 14.7. The van der Waals surface area contributed by atoms with Crippen molar-refractivity contribution in [1.29, 1.82) is 0 Å². The molecule has 0 amide bonds. The molecule has 0 aromatic heterocycles. The van der Waals surface area contributed by atoms with Crippen LogP contribution >= 0.6 is 0 Å². The Bertz CT molecular complexity index is 508. The summed E-state index contributed by atoms with van der Waals surface area (Å²) in [6.45, 7) is 10.1. The van der Waals surface area contributed by atoms with E-state index in [0.717, 1.165) is 12.8 Å². The fraction of sp³-hybridized carbons (Fsp3) is 0.900. The van der Waals surface area contributed by atoms with Gasteiger partial charge >= 0.3 is 0 Å². The molecule has 2 aliphatic carbocycles. The third-order valence-corrected chi connectivity index (χ3v) is 7.82. The van der Waals surface area contributed by atoms with Crippen molar-refractivity contribution < 1.29 is 9.84 Å². The van der Waals surface area contributed by atoms with E-state index in [-0.39, 0.29) is 0 Å². The van der Waals surface area contributed by atoms with Gasteiger partial charge in [0, 0.05) is 17.9 Å². The average Bonchev–Trinajstić information content (AvgIpc) is 3.01. The molecule has 22 heavy (non-hydrogen) atoms. The molecule has 6 atom stereocenters. The van der Waals surface area contributed by atoms with E-state index in [1.54, 1.807) is 5.57 Å². The highest BCUT2D eigenvalue weighted by atomic mass is 16.5. The third kappa shape index (κ3) is 1.86. The van der Waals surface area contributed by atoms with Crippen LogP contribution in [0.15, 0.2) is 11.1 Å². The summed E-state index contributed by atoms with van der Waals surface area (Å²) in [7, 11) is 0. The summed E-state index contributed by atoms with van der Waals surface area (Å²) in [6.07, 6.45) is 8.22. The predicted octanol–water partition coefficient (Wildman–Crippen LogP) is 4.33. The highest BCUT2D eigenvalue weighted by molar-refractivity contribution is 5.36. The molecule has 2 heterocycles. The Balaban J connectivity index is 1.78. The van der Waals surface area contributed by atoms with Crippen LogP contribution in [0.25, 0.3) is 0 Å². The van der Waals surface area contributed by atoms with Crippen molar-refractivity contribution >= 4 is 0 Å². The Hall–Kier alpha value is -0.340. The van der Waals surface area contributed by atoms with Gasteiger partial charge in [-0.15, -0.1) is 0 Å². The fourth-order valence-corrected chi connectivity index (χ4v) is 6.29. The van der Waals surface area contributed by atoms with Crippen LogP contribution in [0.5, 0.6) is 0 Å². The van der Waals surface area contributed by atoms with Crippen LogP contribution in [0.2, 0.25) is 0 Å². The van der Waals surface area contributed by atoms with Crippen molar-refractivity contribution in [2.75, 3.05) is 6.61 Å². The molecule has 1 unspecified atom stereocenters. The van der Waals surface area contributed by atoms with Crippen molar-refractivity contribution in [2.24, 2.45) is 28.6 Å². The van der Waals surface area contributed by atoms with Crippen LogP contribution in [-0.2, 0) is 4.74 Å². The fourth-order valence-electron chi connectivity index (χ4n) is 6.29. The largest absolute Gasteiger partial charge is 0.396 e. The molecular weight excluding hydrogens is 272 g/mol. The van der Waals surface area contributed by atoms with Crippen molar-refractivity contribution in [3.8, 4) is 0 Å². The first-order valence-corrected chi connectivity index (χ1v) is 9.39. The van der Waals surface area contributed by atoms with Gasteiger partial charge in [0.25, 0.3) is 0 Å². The summed E-state index contributed by atoms with van der Waals surface area (Å²) in [5.41, 5.74) is 4.35. The van der Waals surface area contributed by atoms with Gasteiger partial charge in [0.2, 0.25) is 0 Å². The quantitative estimate of drug-likeness (QED) is 0.770. The maximum absolute atomic E-state index is 9.72. The number of aliphatic hydroxyl groups excluding tert-OH is 1. The molecule has 124 valence electrons. The lowest BCUT2D eigenvalue weighted by Crippen LogP contribution is -2.50. The van der Waals surface area contributed by atoms with E-state index in [9.17, 15) is 5.11 Å². The van der Waals surface area contributed by atoms with Crippen LogP contribution in [0, 0.1) is 28.6 Å². The van der Waals surface area contributed by atoms with Crippen LogP contribution in [-0.4, -0.2) is 23.9 Å². The minimum Gasteiger partial charge on any atom is -0.396 e. The van der Waals surface area contributed by atoms with Gasteiger partial charge in [0.15, 0.2) is 0 Å². The van der Waals surface area contributed by atoms with E-state index in [1.165, 1.54) is 25.7 Å². The summed E-state index contributed by atoms with van der Waals surface area (Å²) in [5, 5.41) is 9.72. The van der Waals surface area contributed by atoms with Crippen molar-refractivity contribution in [3.05, 3.63) is 11.1 Å². The number of aliphatic hydroxyl groups is 1.